The second kappa shape index (κ2) is 8.66. The standard InChI is InChI=1S/C18H22O4/c19-16(11-14-7-3-1-4-8-14)18(21)17(20)13-22-12-15-9-5-2-6-10-15/h1-10,16-21H,11-13H2/t16?,17-,18-/m1/s1. The number of benzene rings is 2. The van der Waals surface area contributed by atoms with Crippen LogP contribution in [0.2, 0.25) is 0 Å². The lowest BCUT2D eigenvalue weighted by Gasteiger charge is -2.23. The maximum Gasteiger partial charge on any atom is 0.108 e. The Labute approximate surface area is 130 Å². The first-order valence-corrected chi connectivity index (χ1v) is 7.36. The summed E-state index contributed by atoms with van der Waals surface area (Å²) < 4.78 is 5.38. The molecule has 0 bridgehead atoms. The maximum atomic E-state index is 9.99. The Kier molecular flexibility index (Phi) is 6.55. The minimum Gasteiger partial charge on any atom is -0.390 e. The third-order valence-corrected chi connectivity index (χ3v) is 3.48. The smallest absolute Gasteiger partial charge is 0.108 e. The first-order valence-electron chi connectivity index (χ1n) is 7.36. The predicted octanol–water partition coefficient (Wildman–Crippen LogP) is 1.53. The number of hydrogen-bond acceptors (Lipinski definition) is 4. The van der Waals surface area contributed by atoms with Gasteiger partial charge in [-0.1, -0.05) is 60.7 Å². The Morgan fingerprint density at radius 3 is 1.86 bits per heavy atom. The van der Waals surface area contributed by atoms with E-state index in [0.29, 0.717) is 6.61 Å². The molecule has 1 unspecified atom stereocenters. The Bertz CT molecular complexity index is 529. The highest BCUT2D eigenvalue weighted by Crippen LogP contribution is 2.10. The number of hydrogen-bond donors (Lipinski definition) is 3. The minimum absolute atomic E-state index is 0.0259. The van der Waals surface area contributed by atoms with Gasteiger partial charge in [0.25, 0.3) is 0 Å². The average Bonchev–Trinajstić information content (AvgIpc) is 2.56. The number of rotatable bonds is 8. The molecule has 2 aromatic carbocycles. The van der Waals surface area contributed by atoms with Crippen molar-refractivity contribution in [2.45, 2.75) is 31.3 Å². The van der Waals surface area contributed by atoms with Crippen LogP contribution in [0.5, 0.6) is 0 Å². The molecule has 0 amide bonds. The zero-order valence-corrected chi connectivity index (χ0v) is 12.4. The van der Waals surface area contributed by atoms with Gasteiger partial charge in [0.05, 0.1) is 19.3 Å². The van der Waals surface area contributed by atoms with Gasteiger partial charge in [0.1, 0.15) is 12.2 Å². The molecule has 0 fully saturated rings. The van der Waals surface area contributed by atoms with E-state index in [1.165, 1.54) is 0 Å². The molecule has 2 aromatic rings. The Balaban J connectivity index is 1.75. The summed E-state index contributed by atoms with van der Waals surface area (Å²) in [5.41, 5.74) is 1.90. The number of aliphatic hydroxyl groups excluding tert-OH is 3. The highest BCUT2D eigenvalue weighted by Gasteiger charge is 2.24. The van der Waals surface area contributed by atoms with Crippen LogP contribution in [0, 0.1) is 0 Å². The van der Waals surface area contributed by atoms with Gasteiger partial charge in [-0.25, -0.2) is 0 Å². The van der Waals surface area contributed by atoms with Crippen molar-refractivity contribution in [2.24, 2.45) is 0 Å². The van der Waals surface area contributed by atoms with Gasteiger partial charge in [0.15, 0.2) is 0 Å². The molecule has 0 saturated carbocycles. The molecule has 0 aliphatic heterocycles. The van der Waals surface area contributed by atoms with Crippen molar-refractivity contribution in [2.75, 3.05) is 6.61 Å². The highest BCUT2D eigenvalue weighted by molar-refractivity contribution is 5.16. The SMILES string of the molecule is OC(Cc1ccccc1)[C@@H](O)[C@H](O)COCc1ccccc1. The van der Waals surface area contributed by atoms with Gasteiger partial charge in [-0.2, -0.15) is 0 Å². The van der Waals surface area contributed by atoms with E-state index in [9.17, 15) is 15.3 Å². The Hall–Kier alpha value is -1.72. The summed E-state index contributed by atoms with van der Waals surface area (Å²) >= 11 is 0. The fourth-order valence-corrected chi connectivity index (χ4v) is 2.20. The lowest BCUT2D eigenvalue weighted by molar-refractivity contribution is -0.0896. The summed E-state index contributed by atoms with van der Waals surface area (Å²) in [5.74, 6) is 0. The molecule has 4 heteroatoms. The molecule has 0 aromatic heterocycles. The van der Waals surface area contributed by atoms with Gasteiger partial charge in [-0.15, -0.1) is 0 Å². The molecular formula is C18H22O4. The Morgan fingerprint density at radius 1 is 0.727 bits per heavy atom. The highest BCUT2D eigenvalue weighted by atomic mass is 16.5. The Morgan fingerprint density at radius 2 is 1.27 bits per heavy atom. The normalized spacial score (nSPS) is 15.2. The topological polar surface area (TPSA) is 69.9 Å². The zero-order chi connectivity index (χ0) is 15.8. The van der Waals surface area contributed by atoms with Crippen molar-refractivity contribution in [3.63, 3.8) is 0 Å². The third-order valence-electron chi connectivity index (χ3n) is 3.48. The molecule has 0 radical (unpaired) electrons. The predicted molar refractivity (Wildman–Crippen MR) is 84.3 cm³/mol. The van der Waals surface area contributed by atoms with Crippen molar-refractivity contribution in [1.82, 2.24) is 0 Å². The van der Waals surface area contributed by atoms with Crippen LogP contribution < -0.4 is 0 Å². The maximum absolute atomic E-state index is 9.99. The fraction of sp³-hybridized carbons (Fsp3) is 0.333. The van der Waals surface area contributed by atoms with Crippen LogP contribution >= 0.6 is 0 Å². The summed E-state index contributed by atoms with van der Waals surface area (Å²) in [7, 11) is 0. The lowest BCUT2D eigenvalue weighted by atomic mass is 10.0. The van der Waals surface area contributed by atoms with E-state index >= 15 is 0 Å². The van der Waals surface area contributed by atoms with E-state index in [2.05, 4.69) is 0 Å². The summed E-state index contributed by atoms with van der Waals surface area (Å²) in [6.07, 6.45) is -3.10. The van der Waals surface area contributed by atoms with Crippen molar-refractivity contribution in [3.8, 4) is 0 Å². The second-order valence-corrected chi connectivity index (χ2v) is 5.32. The van der Waals surface area contributed by atoms with Crippen LogP contribution in [-0.4, -0.2) is 40.2 Å². The van der Waals surface area contributed by atoms with E-state index in [1.54, 1.807) is 0 Å². The molecular weight excluding hydrogens is 280 g/mol. The first kappa shape index (κ1) is 16.6. The molecule has 118 valence electrons. The monoisotopic (exact) mass is 302 g/mol. The minimum atomic E-state index is -1.24. The molecule has 0 saturated heterocycles. The molecule has 0 aliphatic carbocycles. The first-order chi connectivity index (χ1) is 10.7. The van der Waals surface area contributed by atoms with Gasteiger partial charge >= 0.3 is 0 Å². The summed E-state index contributed by atoms with van der Waals surface area (Å²) in [5, 5.41) is 29.9. The van der Waals surface area contributed by atoms with Gasteiger partial charge in [-0.05, 0) is 11.1 Å². The molecule has 0 heterocycles. The van der Waals surface area contributed by atoms with Crippen molar-refractivity contribution >= 4 is 0 Å². The van der Waals surface area contributed by atoms with Gasteiger partial charge in [0, 0.05) is 6.42 Å². The largest absolute Gasteiger partial charge is 0.390 e. The van der Waals surface area contributed by atoms with Crippen LogP contribution in [0.4, 0.5) is 0 Å². The van der Waals surface area contributed by atoms with Crippen LogP contribution in [-0.2, 0) is 17.8 Å². The van der Waals surface area contributed by atoms with Crippen molar-refractivity contribution in [1.29, 1.82) is 0 Å². The van der Waals surface area contributed by atoms with Gasteiger partial charge in [-0.3, -0.25) is 0 Å². The molecule has 2 rings (SSSR count). The zero-order valence-electron chi connectivity index (χ0n) is 12.4. The van der Waals surface area contributed by atoms with E-state index in [1.807, 2.05) is 60.7 Å². The van der Waals surface area contributed by atoms with E-state index in [4.69, 9.17) is 4.74 Å². The van der Waals surface area contributed by atoms with E-state index < -0.39 is 18.3 Å². The second-order valence-electron chi connectivity index (χ2n) is 5.32. The van der Waals surface area contributed by atoms with Crippen LogP contribution in [0.15, 0.2) is 60.7 Å². The fourth-order valence-electron chi connectivity index (χ4n) is 2.20. The number of ether oxygens (including phenoxy) is 1. The van der Waals surface area contributed by atoms with Crippen LogP contribution in [0.3, 0.4) is 0 Å². The van der Waals surface area contributed by atoms with E-state index in [-0.39, 0.29) is 13.0 Å². The molecule has 3 N–H and O–H groups in total. The number of aliphatic hydroxyl groups is 3. The van der Waals surface area contributed by atoms with Gasteiger partial charge < -0.3 is 20.1 Å². The quantitative estimate of drug-likeness (QED) is 0.691. The molecule has 3 atom stereocenters. The average molecular weight is 302 g/mol. The summed E-state index contributed by atoms with van der Waals surface area (Å²) in [4.78, 5) is 0. The summed E-state index contributed by atoms with van der Waals surface area (Å²) in [6.45, 7) is 0.335. The summed E-state index contributed by atoms with van der Waals surface area (Å²) in [6, 6.07) is 19.0. The molecule has 4 nitrogen and oxygen atoms in total. The van der Waals surface area contributed by atoms with Crippen molar-refractivity contribution in [3.05, 3.63) is 71.8 Å². The molecule has 22 heavy (non-hydrogen) atoms. The molecule has 0 aliphatic rings. The van der Waals surface area contributed by atoms with Crippen LogP contribution in [0.25, 0.3) is 0 Å². The van der Waals surface area contributed by atoms with Crippen molar-refractivity contribution < 1.29 is 20.1 Å². The third kappa shape index (κ3) is 5.24. The lowest BCUT2D eigenvalue weighted by Crippen LogP contribution is -2.41. The molecule has 0 spiro atoms. The van der Waals surface area contributed by atoms with Gasteiger partial charge in [0.2, 0.25) is 0 Å². The van der Waals surface area contributed by atoms with E-state index in [0.717, 1.165) is 11.1 Å². The van der Waals surface area contributed by atoms with Crippen LogP contribution in [0.1, 0.15) is 11.1 Å².